The maximum Gasteiger partial charge on any atom is 0.211 e. The van der Waals surface area contributed by atoms with Crippen molar-refractivity contribution < 1.29 is 13.2 Å². The fourth-order valence-corrected chi connectivity index (χ4v) is 3.32. The SMILES string of the molecule is CCN(CCCNC(=NC)NCC(C)Oc1ccc(Cl)cc1)S(C)(=O)=O. The molecule has 0 aromatic heterocycles. The van der Waals surface area contributed by atoms with E-state index in [1.165, 1.54) is 10.6 Å². The fourth-order valence-electron chi connectivity index (χ4n) is 2.27. The molecule has 1 atom stereocenters. The molecule has 0 aliphatic heterocycles. The molecular weight excluding hydrogens is 376 g/mol. The molecule has 0 heterocycles. The third kappa shape index (κ3) is 8.73. The van der Waals surface area contributed by atoms with Crippen LogP contribution in [0.4, 0.5) is 0 Å². The number of benzene rings is 1. The van der Waals surface area contributed by atoms with Crippen molar-refractivity contribution in [3.05, 3.63) is 29.3 Å². The number of nitrogens with one attached hydrogen (secondary N) is 2. The summed E-state index contributed by atoms with van der Waals surface area (Å²) in [5.74, 6) is 1.41. The van der Waals surface area contributed by atoms with Crippen LogP contribution in [0.5, 0.6) is 5.75 Å². The predicted octanol–water partition coefficient (Wildman–Crippen LogP) is 1.94. The number of guanidine groups is 1. The van der Waals surface area contributed by atoms with Gasteiger partial charge in [-0.25, -0.2) is 12.7 Å². The van der Waals surface area contributed by atoms with Crippen molar-refractivity contribution in [2.45, 2.75) is 26.4 Å². The van der Waals surface area contributed by atoms with Gasteiger partial charge in [-0.1, -0.05) is 18.5 Å². The summed E-state index contributed by atoms with van der Waals surface area (Å²) < 4.78 is 30.3. The second kappa shape index (κ2) is 11.3. The summed E-state index contributed by atoms with van der Waals surface area (Å²) in [7, 11) is -1.45. The van der Waals surface area contributed by atoms with Crippen LogP contribution < -0.4 is 15.4 Å². The van der Waals surface area contributed by atoms with Crippen molar-refractivity contribution in [2.24, 2.45) is 4.99 Å². The molecular formula is C17H29ClN4O3S. The Kier molecular flexibility index (Phi) is 9.75. The predicted molar refractivity (Wildman–Crippen MR) is 108 cm³/mol. The number of nitrogens with zero attached hydrogens (tertiary/aromatic N) is 2. The summed E-state index contributed by atoms with van der Waals surface area (Å²) >= 11 is 5.86. The first-order valence-electron chi connectivity index (χ1n) is 8.58. The zero-order chi connectivity index (χ0) is 19.6. The summed E-state index contributed by atoms with van der Waals surface area (Å²) in [6.45, 7) is 5.95. The summed E-state index contributed by atoms with van der Waals surface area (Å²) in [6.07, 6.45) is 1.86. The molecule has 0 aliphatic rings. The van der Waals surface area contributed by atoms with E-state index in [0.717, 1.165) is 5.75 Å². The van der Waals surface area contributed by atoms with Crippen molar-refractivity contribution in [1.29, 1.82) is 0 Å². The van der Waals surface area contributed by atoms with Gasteiger partial charge in [0.2, 0.25) is 10.0 Å². The summed E-state index contributed by atoms with van der Waals surface area (Å²) in [5, 5.41) is 7.03. The van der Waals surface area contributed by atoms with Gasteiger partial charge in [-0.15, -0.1) is 0 Å². The fraction of sp³-hybridized carbons (Fsp3) is 0.588. The van der Waals surface area contributed by atoms with Gasteiger partial charge < -0.3 is 15.4 Å². The van der Waals surface area contributed by atoms with E-state index in [0.29, 0.717) is 43.6 Å². The Balaban J connectivity index is 2.31. The molecule has 0 aliphatic carbocycles. The van der Waals surface area contributed by atoms with E-state index in [2.05, 4.69) is 15.6 Å². The Labute approximate surface area is 161 Å². The normalized spacial score (nSPS) is 13.5. The Bertz CT molecular complexity index is 665. The molecule has 7 nitrogen and oxygen atoms in total. The average molecular weight is 405 g/mol. The summed E-state index contributed by atoms with van der Waals surface area (Å²) in [6, 6.07) is 7.22. The topological polar surface area (TPSA) is 83.0 Å². The highest BCUT2D eigenvalue weighted by atomic mass is 35.5. The minimum Gasteiger partial charge on any atom is -0.489 e. The van der Waals surface area contributed by atoms with Crippen molar-refractivity contribution in [3.63, 3.8) is 0 Å². The molecule has 1 rings (SSSR count). The molecule has 1 aromatic rings. The van der Waals surface area contributed by atoms with E-state index in [1.807, 2.05) is 26.0 Å². The number of aliphatic imine (C=N–C) groups is 1. The van der Waals surface area contributed by atoms with E-state index in [-0.39, 0.29) is 6.10 Å². The third-order valence-corrected chi connectivity index (χ3v) is 5.26. The van der Waals surface area contributed by atoms with Crippen molar-refractivity contribution in [2.75, 3.05) is 39.5 Å². The largest absolute Gasteiger partial charge is 0.489 e. The number of sulfonamides is 1. The molecule has 0 fully saturated rings. The molecule has 1 aromatic carbocycles. The van der Waals surface area contributed by atoms with E-state index in [9.17, 15) is 8.42 Å². The molecule has 0 saturated heterocycles. The van der Waals surface area contributed by atoms with E-state index >= 15 is 0 Å². The van der Waals surface area contributed by atoms with Gasteiger partial charge in [0.15, 0.2) is 5.96 Å². The zero-order valence-electron chi connectivity index (χ0n) is 15.8. The average Bonchev–Trinajstić information content (AvgIpc) is 2.58. The highest BCUT2D eigenvalue weighted by Crippen LogP contribution is 2.16. The number of hydrogen-bond donors (Lipinski definition) is 2. The van der Waals surface area contributed by atoms with Crippen LogP contribution in [0.25, 0.3) is 0 Å². The first-order valence-corrected chi connectivity index (χ1v) is 10.8. The second-order valence-corrected chi connectivity index (χ2v) is 8.29. The Morgan fingerprint density at radius 2 is 1.96 bits per heavy atom. The molecule has 0 saturated carbocycles. The number of ether oxygens (including phenoxy) is 1. The van der Waals surface area contributed by atoms with Crippen LogP contribution in [0.3, 0.4) is 0 Å². The summed E-state index contributed by atoms with van der Waals surface area (Å²) in [5.41, 5.74) is 0. The van der Waals surface area contributed by atoms with Gasteiger partial charge >= 0.3 is 0 Å². The number of hydrogen-bond acceptors (Lipinski definition) is 4. The van der Waals surface area contributed by atoms with Gasteiger partial charge in [-0.3, -0.25) is 4.99 Å². The highest BCUT2D eigenvalue weighted by molar-refractivity contribution is 7.88. The Morgan fingerprint density at radius 3 is 2.50 bits per heavy atom. The lowest BCUT2D eigenvalue weighted by atomic mass is 10.3. The quantitative estimate of drug-likeness (QED) is 0.354. The number of rotatable bonds is 10. The monoisotopic (exact) mass is 404 g/mol. The van der Waals surface area contributed by atoms with Crippen LogP contribution in [0.2, 0.25) is 5.02 Å². The molecule has 0 bridgehead atoms. The van der Waals surface area contributed by atoms with Crippen LogP contribution >= 0.6 is 11.6 Å². The van der Waals surface area contributed by atoms with Crippen LogP contribution in [0.15, 0.2) is 29.3 Å². The first-order chi connectivity index (χ1) is 12.3. The Morgan fingerprint density at radius 1 is 1.31 bits per heavy atom. The molecule has 0 amide bonds. The second-order valence-electron chi connectivity index (χ2n) is 5.87. The van der Waals surface area contributed by atoms with E-state index in [1.54, 1.807) is 19.2 Å². The van der Waals surface area contributed by atoms with Gasteiger partial charge in [0, 0.05) is 31.7 Å². The van der Waals surface area contributed by atoms with Gasteiger partial charge in [0.25, 0.3) is 0 Å². The van der Waals surface area contributed by atoms with Gasteiger partial charge in [0.1, 0.15) is 11.9 Å². The van der Waals surface area contributed by atoms with Gasteiger partial charge in [-0.2, -0.15) is 0 Å². The van der Waals surface area contributed by atoms with Crippen molar-refractivity contribution in [3.8, 4) is 5.75 Å². The van der Waals surface area contributed by atoms with E-state index < -0.39 is 10.0 Å². The zero-order valence-corrected chi connectivity index (χ0v) is 17.4. The first kappa shape index (κ1) is 22.5. The maximum atomic E-state index is 11.5. The lowest BCUT2D eigenvalue weighted by molar-refractivity contribution is 0.224. The number of halogens is 1. The van der Waals surface area contributed by atoms with Crippen LogP contribution in [-0.2, 0) is 10.0 Å². The lowest BCUT2D eigenvalue weighted by Gasteiger charge is -2.19. The minimum absolute atomic E-state index is 0.0597. The smallest absolute Gasteiger partial charge is 0.211 e. The van der Waals surface area contributed by atoms with Crippen molar-refractivity contribution in [1.82, 2.24) is 14.9 Å². The third-order valence-electron chi connectivity index (χ3n) is 3.63. The van der Waals surface area contributed by atoms with Crippen LogP contribution in [-0.4, -0.2) is 64.3 Å². The summed E-state index contributed by atoms with van der Waals surface area (Å²) in [4.78, 5) is 4.15. The van der Waals surface area contributed by atoms with Crippen molar-refractivity contribution >= 4 is 27.6 Å². The molecule has 1 unspecified atom stereocenters. The minimum atomic E-state index is -3.14. The molecule has 0 radical (unpaired) electrons. The van der Waals surface area contributed by atoms with Crippen LogP contribution in [0.1, 0.15) is 20.3 Å². The van der Waals surface area contributed by atoms with Crippen LogP contribution in [0, 0.1) is 0 Å². The molecule has 26 heavy (non-hydrogen) atoms. The van der Waals surface area contributed by atoms with E-state index in [4.69, 9.17) is 16.3 Å². The maximum absolute atomic E-state index is 11.5. The highest BCUT2D eigenvalue weighted by Gasteiger charge is 2.13. The Hall–Kier alpha value is -1.51. The van der Waals surface area contributed by atoms with Gasteiger partial charge in [-0.05, 0) is 37.6 Å². The molecule has 148 valence electrons. The molecule has 2 N–H and O–H groups in total. The lowest BCUT2D eigenvalue weighted by Crippen LogP contribution is -2.42. The van der Waals surface area contributed by atoms with Gasteiger partial charge in [0.05, 0.1) is 12.8 Å². The molecule has 9 heteroatoms. The molecule has 0 spiro atoms. The standard InChI is InChI=1S/C17H29ClN4O3S/c1-5-22(26(4,23)24)12-6-11-20-17(19-3)21-13-14(2)25-16-9-7-15(18)8-10-16/h7-10,14H,5-6,11-13H2,1-4H3,(H2,19,20,21).